The van der Waals surface area contributed by atoms with Crippen molar-refractivity contribution in [1.82, 2.24) is 16.0 Å². The maximum Gasteiger partial charge on any atom is 0.315 e. The molecule has 8 unspecified atom stereocenters. The molecule has 0 radical (unpaired) electrons. The van der Waals surface area contributed by atoms with Gasteiger partial charge >= 0.3 is 12.0 Å². The molecule has 2 bridgehead atoms. The highest BCUT2D eigenvalue weighted by molar-refractivity contribution is 8.00. The number of aliphatic hydroxyl groups is 5. The number of hydrogen-bond acceptors (Lipinski definition) is 13. The van der Waals surface area contributed by atoms with Crippen LogP contribution in [0.25, 0.3) is 0 Å². The molecule has 1 aliphatic carbocycles. The number of amides is 3. The molecule has 5 rings (SSSR count). The van der Waals surface area contributed by atoms with E-state index < -0.39 is 80.9 Å². The second-order valence-electron chi connectivity index (χ2n) is 17.2. The van der Waals surface area contributed by atoms with E-state index in [0.717, 1.165) is 18.6 Å². The van der Waals surface area contributed by atoms with Gasteiger partial charge in [0.15, 0.2) is 0 Å². The number of rotatable bonds is 12. The first-order valence-corrected chi connectivity index (χ1v) is 18.9. The van der Waals surface area contributed by atoms with Crippen molar-refractivity contribution in [2.24, 2.45) is 5.41 Å². The zero-order valence-corrected chi connectivity index (χ0v) is 32.4. The highest BCUT2D eigenvalue weighted by Gasteiger charge is 2.84. The normalized spacial score (nSPS) is 51.6. The largest absolute Gasteiger partial charge is 0.463 e. The van der Waals surface area contributed by atoms with Gasteiger partial charge in [-0.2, -0.15) is 11.8 Å². The second-order valence-corrected chi connectivity index (χ2v) is 18.4. The molecule has 3 amide bonds. The molecule has 8 N–H and O–H groups in total. The molecule has 5 fully saturated rings. The molecule has 0 aromatic heterocycles. The van der Waals surface area contributed by atoms with Crippen molar-refractivity contribution in [3.8, 4) is 0 Å². The lowest BCUT2D eigenvalue weighted by Gasteiger charge is -2.77. The lowest BCUT2D eigenvalue weighted by Crippen LogP contribution is -2.94. The molecule has 4 heterocycles. The van der Waals surface area contributed by atoms with Crippen molar-refractivity contribution in [3.63, 3.8) is 0 Å². The van der Waals surface area contributed by atoms with Crippen LogP contribution in [0.15, 0.2) is 0 Å². The van der Waals surface area contributed by atoms with E-state index in [2.05, 4.69) is 16.0 Å². The fourth-order valence-electron chi connectivity index (χ4n) is 9.66. The summed E-state index contributed by atoms with van der Waals surface area (Å²) >= 11 is 1.82. The number of carbonyl (C=O) groups is 3. The zero-order valence-electron chi connectivity index (χ0n) is 31.5. The fraction of sp³-hybridized carbons (Fsp3) is 0.914. The maximum absolute atomic E-state index is 13.0. The Morgan fingerprint density at radius 2 is 1.53 bits per heavy atom. The summed E-state index contributed by atoms with van der Waals surface area (Å²) in [4.78, 5) is 37.4. The van der Waals surface area contributed by atoms with Crippen molar-refractivity contribution in [3.05, 3.63) is 0 Å². The number of aliphatic hydroxyl groups excluding tert-OH is 2. The van der Waals surface area contributed by atoms with Gasteiger partial charge in [-0.3, -0.25) is 9.59 Å². The SMILES string of the molecule is CC(=O)NC1(C)C2(C)C(OC[C@]3(C)OC(C)(CO)[C@](C)(O)C(C)(O)C3(C)O)C(C)(O[C@@]1(C)COC(=O)CCCCC1SC[C@@H]3NC(=O)N[C@H]13)[C@H]2O. The number of fused-ring (bicyclic) bond motifs is 3. The molecule has 1 saturated carbocycles. The predicted octanol–water partition coefficient (Wildman–Crippen LogP) is 0.257. The van der Waals surface area contributed by atoms with E-state index in [4.69, 9.17) is 18.9 Å². The quantitative estimate of drug-likeness (QED) is 0.0764. The number of ether oxygens (including phenoxy) is 4. The van der Waals surface area contributed by atoms with E-state index in [1.54, 1.807) is 27.7 Å². The Hall–Kier alpha value is -1.76. The number of carbonyl (C=O) groups excluding carboxylic acids is 3. The highest BCUT2D eigenvalue weighted by atomic mass is 32.2. The van der Waals surface area contributed by atoms with Crippen molar-refractivity contribution >= 4 is 29.7 Å². The minimum atomic E-state index is -2.19. The standard InChI is InChI=1S/C35H59N3O12S/c1-19(40)38-32(7)28(3,17-47-22(41)14-12-11-13-21-23-20(15-51-21)36-26(43)37-23)50-31(6)24(42)30(32,5)25(31)48-18-29(4)34(9,45)35(10,46)33(8,44)27(2,16-39)49-29/h20-21,23-25,39,42,44-46H,11-18H2,1-10H3,(H,38,40)(H2,36,37,43)/t20-,21?,23-,24-,25?,27?,28-,29-,30?,31?,32?,33-,34?,35?/m0/s1. The number of nitrogens with one attached hydrogen (secondary N) is 3. The van der Waals surface area contributed by atoms with E-state index in [0.29, 0.717) is 6.42 Å². The van der Waals surface area contributed by atoms with Gasteiger partial charge < -0.3 is 60.4 Å². The minimum Gasteiger partial charge on any atom is -0.463 e. The van der Waals surface area contributed by atoms with Crippen LogP contribution in [0, 0.1) is 5.41 Å². The molecule has 0 aromatic rings. The summed E-state index contributed by atoms with van der Waals surface area (Å²) in [7, 11) is 0. The van der Waals surface area contributed by atoms with Gasteiger partial charge in [0.1, 0.15) is 45.8 Å². The van der Waals surface area contributed by atoms with Gasteiger partial charge in [-0.05, 0) is 68.2 Å². The summed E-state index contributed by atoms with van der Waals surface area (Å²) in [6, 6.07) is 0.101. The Morgan fingerprint density at radius 3 is 2.14 bits per heavy atom. The summed E-state index contributed by atoms with van der Waals surface area (Å²) in [5.41, 5.74) is -15.1. The Morgan fingerprint density at radius 1 is 0.902 bits per heavy atom. The number of unbranched alkanes of at least 4 members (excludes halogenated alkanes) is 1. The van der Waals surface area contributed by atoms with E-state index in [1.807, 2.05) is 11.8 Å². The Balaban J connectivity index is 1.29. The third-order valence-electron chi connectivity index (χ3n) is 14.0. The molecule has 14 atom stereocenters. The summed E-state index contributed by atoms with van der Waals surface area (Å²) < 4.78 is 25.2. The van der Waals surface area contributed by atoms with Crippen LogP contribution >= 0.6 is 11.8 Å². The highest BCUT2D eigenvalue weighted by Crippen LogP contribution is 2.67. The average Bonchev–Trinajstić information content (AvgIpc) is 3.58. The van der Waals surface area contributed by atoms with Gasteiger partial charge in [0.25, 0.3) is 0 Å². The van der Waals surface area contributed by atoms with Gasteiger partial charge in [0.05, 0.1) is 48.5 Å². The van der Waals surface area contributed by atoms with Crippen LogP contribution in [0.4, 0.5) is 4.79 Å². The lowest BCUT2D eigenvalue weighted by atomic mass is 9.42. The molecule has 16 heteroatoms. The van der Waals surface area contributed by atoms with Crippen LogP contribution in [0.5, 0.6) is 0 Å². The minimum absolute atomic E-state index is 0.0970. The van der Waals surface area contributed by atoms with E-state index in [-0.39, 0.29) is 43.0 Å². The Labute approximate surface area is 304 Å². The van der Waals surface area contributed by atoms with Crippen molar-refractivity contribution in [2.75, 3.05) is 25.6 Å². The summed E-state index contributed by atoms with van der Waals surface area (Å²) in [6.07, 6.45) is 0.335. The first kappa shape index (κ1) is 40.4. The second kappa shape index (κ2) is 12.7. The molecular weight excluding hydrogens is 686 g/mol. The summed E-state index contributed by atoms with van der Waals surface area (Å²) in [6.45, 7) is 13.7. The van der Waals surface area contributed by atoms with Crippen LogP contribution in [0.2, 0.25) is 0 Å². The van der Waals surface area contributed by atoms with Crippen molar-refractivity contribution < 1.29 is 58.9 Å². The van der Waals surface area contributed by atoms with Gasteiger partial charge in [0, 0.05) is 24.3 Å². The van der Waals surface area contributed by atoms with Gasteiger partial charge in [-0.1, -0.05) is 13.3 Å². The van der Waals surface area contributed by atoms with Crippen LogP contribution in [-0.4, -0.2) is 143 Å². The first-order valence-electron chi connectivity index (χ1n) is 17.8. The first-order chi connectivity index (χ1) is 23.2. The van der Waals surface area contributed by atoms with Crippen LogP contribution in [0.1, 0.15) is 94.9 Å². The molecule has 292 valence electrons. The van der Waals surface area contributed by atoms with Crippen molar-refractivity contribution in [2.45, 2.75) is 169 Å². The van der Waals surface area contributed by atoms with Crippen molar-refractivity contribution in [1.29, 1.82) is 0 Å². The molecule has 51 heavy (non-hydrogen) atoms. The monoisotopic (exact) mass is 745 g/mol. The third kappa shape index (κ3) is 5.56. The van der Waals surface area contributed by atoms with Crippen LogP contribution < -0.4 is 16.0 Å². The molecule has 0 aromatic carbocycles. The van der Waals surface area contributed by atoms with Gasteiger partial charge in [0.2, 0.25) is 5.91 Å². The fourth-order valence-corrected chi connectivity index (χ4v) is 11.2. The molecule has 15 nitrogen and oxygen atoms in total. The molecule has 4 saturated heterocycles. The van der Waals surface area contributed by atoms with Gasteiger partial charge in [-0.25, -0.2) is 4.79 Å². The smallest absolute Gasteiger partial charge is 0.315 e. The van der Waals surface area contributed by atoms with E-state index >= 15 is 0 Å². The summed E-state index contributed by atoms with van der Waals surface area (Å²) in [5.74, 6) is 0.0207. The molecule has 0 spiro atoms. The zero-order chi connectivity index (χ0) is 38.4. The maximum atomic E-state index is 13.0. The van der Waals surface area contributed by atoms with E-state index in [1.165, 1.54) is 41.5 Å². The number of urea groups is 1. The Kier molecular flexibility index (Phi) is 10.0. The summed E-state index contributed by atoms with van der Waals surface area (Å²) in [5, 5.41) is 65.8. The number of esters is 1. The van der Waals surface area contributed by atoms with Gasteiger partial charge in [-0.15, -0.1) is 0 Å². The third-order valence-corrected chi connectivity index (χ3v) is 15.5. The Bertz CT molecular complexity index is 1420. The molecular formula is C35H59N3O12S. The number of hydrogen-bond donors (Lipinski definition) is 8. The number of thioether (sulfide) groups is 1. The predicted molar refractivity (Wildman–Crippen MR) is 186 cm³/mol. The molecule has 5 aliphatic rings. The van der Waals surface area contributed by atoms with Crippen LogP contribution in [0.3, 0.4) is 0 Å². The van der Waals surface area contributed by atoms with E-state index in [9.17, 15) is 39.9 Å². The average molecular weight is 746 g/mol. The lowest BCUT2D eigenvalue weighted by molar-refractivity contribution is -0.449. The molecule has 4 aliphatic heterocycles. The van der Waals surface area contributed by atoms with Crippen LogP contribution in [-0.2, 0) is 28.5 Å². The topological polar surface area (TPSA) is 225 Å².